The van der Waals surface area contributed by atoms with Crippen LogP contribution in [0.15, 0.2) is 12.3 Å². The zero-order valence-corrected chi connectivity index (χ0v) is 5.58. The first-order valence-electron chi connectivity index (χ1n) is 3.18. The van der Waals surface area contributed by atoms with Gasteiger partial charge in [-0.1, -0.05) is 6.08 Å². The van der Waals surface area contributed by atoms with Gasteiger partial charge in [-0.3, -0.25) is 0 Å². The number of carbonyl (C=O) groups is 1. The van der Waals surface area contributed by atoms with Crippen molar-refractivity contribution in [2.24, 2.45) is 0 Å². The summed E-state index contributed by atoms with van der Waals surface area (Å²) in [6, 6.07) is 0.120. The molecule has 1 aliphatic heterocycles. The molecule has 50 valence electrons. The number of carbonyl (C=O) groups excluding carboxylic acids is 1. The van der Waals surface area contributed by atoms with Gasteiger partial charge in [-0.25, -0.2) is 0 Å². The average Bonchev–Trinajstić information content (AvgIpc) is 1.89. The Morgan fingerprint density at radius 1 is 1.78 bits per heavy atom. The van der Waals surface area contributed by atoms with Crippen molar-refractivity contribution in [1.82, 2.24) is 4.90 Å². The van der Waals surface area contributed by atoms with Gasteiger partial charge in [0.2, 0.25) is 0 Å². The van der Waals surface area contributed by atoms with Crippen molar-refractivity contribution < 1.29 is 4.79 Å². The predicted octanol–water partition coefficient (Wildman–Crippen LogP) is 0.793. The molecular weight excluding hydrogens is 114 g/mol. The van der Waals surface area contributed by atoms with Crippen LogP contribution in [0.25, 0.3) is 0 Å². The van der Waals surface area contributed by atoms with Gasteiger partial charge >= 0.3 is 0 Å². The largest absolute Gasteiger partial charge is 0.371 e. The summed E-state index contributed by atoms with van der Waals surface area (Å²) in [6.45, 7) is 0. The molecule has 0 unspecified atom stereocenters. The fourth-order valence-electron chi connectivity index (χ4n) is 0.986. The Hall–Kier alpha value is -0.790. The number of hydrogen-bond acceptors (Lipinski definition) is 2. The van der Waals surface area contributed by atoms with Gasteiger partial charge in [-0.05, 0) is 19.0 Å². The van der Waals surface area contributed by atoms with Gasteiger partial charge < -0.3 is 9.69 Å². The molecule has 2 heteroatoms. The van der Waals surface area contributed by atoms with Gasteiger partial charge in [-0.2, -0.15) is 0 Å². The third kappa shape index (κ3) is 1.31. The Balaban J connectivity index is 2.54. The van der Waals surface area contributed by atoms with Crippen LogP contribution in [-0.2, 0) is 4.79 Å². The lowest BCUT2D eigenvalue weighted by molar-refractivity contribution is -0.111. The maximum atomic E-state index is 10.3. The topological polar surface area (TPSA) is 20.3 Å². The van der Waals surface area contributed by atoms with Gasteiger partial charge in [0.25, 0.3) is 0 Å². The van der Waals surface area contributed by atoms with E-state index < -0.39 is 0 Å². The standard InChI is InChI=1S/C7H11NO/c1-8-5-3-2-4-7(8)6-9/h3,5-7H,2,4H2,1H3/t7-/m0/s1. The quantitative estimate of drug-likeness (QED) is 0.483. The van der Waals surface area contributed by atoms with Crippen molar-refractivity contribution >= 4 is 6.29 Å². The number of rotatable bonds is 1. The minimum Gasteiger partial charge on any atom is -0.371 e. The molecule has 0 aromatic heterocycles. The maximum absolute atomic E-state index is 10.3. The second kappa shape index (κ2) is 2.67. The smallest absolute Gasteiger partial charge is 0.142 e. The Morgan fingerprint density at radius 3 is 3.00 bits per heavy atom. The SMILES string of the molecule is CN1C=CCC[C@H]1C=O. The first-order chi connectivity index (χ1) is 4.34. The maximum Gasteiger partial charge on any atom is 0.142 e. The third-order valence-electron chi connectivity index (χ3n) is 1.65. The summed E-state index contributed by atoms with van der Waals surface area (Å²) in [6.07, 6.45) is 7.05. The molecule has 1 atom stereocenters. The van der Waals surface area contributed by atoms with Crippen LogP contribution in [0.4, 0.5) is 0 Å². The van der Waals surface area contributed by atoms with Crippen LogP contribution in [0.5, 0.6) is 0 Å². The summed E-state index contributed by atoms with van der Waals surface area (Å²) in [7, 11) is 1.93. The van der Waals surface area contributed by atoms with Gasteiger partial charge in [-0.15, -0.1) is 0 Å². The normalized spacial score (nSPS) is 26.3. The molecule has 0 radical (unpaired) electrons. The second-order valence-electron chi connectivity index (χ2n) is 2.33. The van der Waals surface area contributed by atoms with E-state index >= 15 is 0 Å². The van der Waals surface area contributed by atoms with Crippen LogP contribution in [0.2, 0.25) is 0 Å². The predicted molar refractivity (Wildman–Crippen MR) is 36.0 cm³/mol. The molecule has 0 saturated carbocycles. The van der Waals surface area contributed by atoms with Crippen LogP contribution in [-0.4, -0.2) is 24.3 Å². The van der Waals surface area contributed by atoms with Crippen molar-refractivity contribution in [3.8, 4) is 0 Å². The molecule has 1 aliphatic rings. The summed E-state index contributed by atoms with van der Waals surface area (Å²) in [5, 5.41) is 0. The molecule has 0 spiro atoms. The molecule has 9 heavy (non-hydrogen) atoms. The summed E-state index contributed by atoms with van der Waals surface area (Å²) in [5.74, 6) is 0. The first-order valence-corrected chi connectivity index (χ1v) is 3.18. The molecule has 1 rings (SSSR count). The highest BCUT2D eigenvalue weighted by Crippen LogP contribution is 2.09. The Morgan fingerprint density at radius 2 is 2.56 bits per heavy atom. The summed E-state index contributed by atoms with van der Waals surface area (Å²) >= 11 is 0. The van der Waals surface area contributed by atoms with Crippen LogP contribution >= 0.6 is 0 Å². The second-order valence-corrected chi connectivity index (χ2v) is 2.33. The minimum atomic E-state index is 0.120. The highest BCUT2D eigenvalue weighted by atomic mass is 16.1. The fraction of sp³-hybridized carbons (Fsp3) is 0.571. The van der Waals surface area contributed by atoms with E-state index in [1.54, 1.807) is 0 Å². The molecule has 0 N–H and O–H groups in total. The Kier molecular flexibility index (Phi) is 1.88. The number of aldehydes is 1. The molecule has 0 aromatic rings. The molecule has 1 heterocycles. The molecule has 2 nitrogen and oxygen atoms in total. The van der Waals surface area contributed by atoms with E-state index in [2.05, 4.69) is 6.08 Å². The van der Waals surface area contributed by atoms with Gasteiger partial charge in [0.15, 0.2) is 0 Å². The summed E-state index contributed by atoms with van der Waals surface area (Å²) in [5.41, 5.74) is 0. The number of likely N-dealkylation sites (N-methyl/N-ethyl adjacent to an activating group) is 1. The van der Waals surface area contributed by atoms with Crippen molar-refractivity contribution in [2.75, 3.05) is 7.05 Å². The van der Waals surface area contributed by atoms with E-state index in [1.165, 1.54) is 0 Å². The highest BCUT2D eigenvalue weighted by molar-refractivity contribution is 5.58. The zero-order valence-electron chi connectivity index (χ0n) is 5.58. The first kappa shape index (κ1) is 6.33. The monoisotopic (exact) mass is 125 g/mol. The lowest BCUT2D eigenvalue weighted by Crippen LogP contribution is -2.30. The fourth-order valence-corrected chi connectivity index (χ4v) is 0.986. The molecule has 0 bridgehead atoms. The van der Waals surface area contributed by atoms with E-state index in [-0.39, 0.29) is 6.04 Å². The number of allylic oxidation sites excluding steroid dienone is 1. The number of nitrogens with zero attached hydrogens (tertiary/aromatic N) is 1. The van der Waals surface area contributed by atoms with E-state index in [1.807, 2.05) is 18.1 Å². The van der Waals surface area contributed by atoms with Gasteiger partial charge in [0, 0.05) is 7.05 Å². The molecule has 0 saturated heterocycles. The lowest BCUT2D eigenvalue weighted by atomic mass is 10.1. The van der Waals surface area contributed by atoms with E-state index in [9.17, 15) is 4.79 Å². The Labute approximate surface area is 55.2 Å². The average molecular weight is 125 g/mol. The van der Waals surface area contributed by atoms with E-state index in [0.717, 1.165) is 19.1 Å². The molecule has 0 fully saturated rings. The summed E-state index contributed by atoms with van der Waals surface area (Å²) in [4.78, 5) is 12.2. The molecule has 0 amide bonds. The van der Waals surface area contributed by atoms with Crippen molar-refractivity contribution in [1.29, 1.82) is 0 Å². The summed E-state index contributed by atoms with van der Waals surface area (Å²) < 4.78 is 0. The van der Waals surface area contributed by atoms with Crippen molar-refractivity contribution in [3.05, 3.63) is 12.3 Å². The van der Waals surface area contributed by atoms with Gasteiger partial charge in [0.05, 0.1) is 6.04 Å². The van der Waals surface area contributed by atoms with Crippen molar-refractivity contribution in [3.63, 3.8) is 0 Å². The van der Waals surface area contributed by atoms with Crippen LogP contribution in [0, 0.1) is 0 Å². The molecule has 0 aromatic carbocycles. The number of hydrogen-bond donors (Lipinski definition) is 0. The third-order valence-corrected chi connectivity index (χ3v) is 1.65. The Bertz CT molecular complexity index is 131. The molecule has 0 aliphatic carbocycles. The molecular formula is C7H11NO. The van der Waals surface area contributed by atoms with Crippen LogP contribution < -0.4 is 0 Å². The van der Waals surface area contributed by atoms with Crippen LogP contribution in [0.1, 0.15) is 12.8 Å². The van der Waals surface area contributed by atoms with E-state index in [4.69, 9.17) is 0 Å². The lowest BCUT2D eigenvalue weighted by Gasteiger charge is -2.24. The van der Waals surface area contributed by atoms with Crippen LogP contribution in [0.3, 0.4) is 0 Å². The van der Waals surface area contributed by atoms with Gasteiger partial charge in [0.1, 0.15) is 6.29 Å². The van der Waals surface area contributed by atoms with E-state index in [0.29, 0.717) is 0 Å². The minimum absolute atomic E-state index is 0.120. The van der Waals surface area contributed by atoms with Crippen molar-refractivity contribution in [2.45, 2.75) is 18.9 Å². The zero-order chi connectivity index (χ0) is 6.69. The highest BCUT2D eigenvalue weighted by Gasteiger charge is 2.11.